The molecule has 1 N–H and O–H groups in total. The second-order valence-corrected chi connectivity index (χ2v) is 6.46. The van der Waals surface area contributed by atoms with Crippen molar-refractivity contribution >= 4 is 11.8 Å². The lowest BCUT2D eigenvalue weighted by Crippen LogP contribution is -2.40. The molecule has 22 heavy (non-hydrogen) atoms. The third kappa shape index (κ3) is 3.18. The molecule has 0 aromatic carbocycles. The zero-order valence-corrected chi connectivity index (χ0v) is 13.1. The van der Waals surface area contributed by atoms with Crippen LogP contribution in [0, 0.1) is 6.92 Å². The highest BCUT2D eigenvalue weighted by Gasteiger charge is 2.35. The topological polar surface area (TPSA) is 62.6 Å². The van der Waals surface area contributed by atoms with E-state index in [1.165, 1.54) is 31.9 Å². The van der Waals surface area contributed by atoms with Crippen LogP contribution >= 0.6 is 0 Å². The smallest absolute Gasteiger partial charge is 0.255 e. The highest BCUT2D eigenvalue weighted by molar-refractivity contribution is 5.95. The van der Waals surface area contributed by atoms with Gasteiger partial charge in [0.05, 0.1) is 17.9 Å². The van der Waals surface area contributed by atoms with Crippen molar-refractivity contribution in [2.45, 2.75) is 64.0 Å². The summed E-state index contributed by atoms with van der Waals surface area (Å²) in [5.41, 5.74) is 0.556. The first kappa shape index (κ1) is 15.1. The van der Waals surface area contributed by atoms with Crippen LogP contribution < -0.4 is 5.32 Å². The highest BCUT2D eigenvalue weighted by Crippen LogP contribution is 2.26. The van der Waals surface area contributed by atoms with Gasteiger partial charge in [0, 0.05) is 19.0 Å². The maximum atomic E-state index is 12.3. The Balaban J connectivity index is 1.59. The summed E-state index contributed by atoms with van der Waals surface area (Å²) in [4.78, 5) is 26.5. The minimum Gasteiger partial charge on any atom is -0.469 e. The zero-order chi connectivity index (χ0) is 15.5. The number of aryl methyl sites for hydroxylation is 1. The largest absolute Gasteiger partial charge is 0.469 e. The van der Waals surface area contributed by atoms with E-state index in [1.807, 2.05) is 4.90 Å². The lowest BCUT2D eigenvalue weighted by atomic mass is 10.1. The van der Waals surface area contributed by atoms with Crippen LogP contribution in [0.3, 0.4) is 0 Å². The van der Waals surface area contributed by atoms with E-state index in [0.29, 0.717) is 30.3 Å². The normalized spacial score (nSPS) is 23.6. The van der Waals surface area contributed by atoms with E-state index in [1.54, 1.807) is 13.0 Å². The first-order chi connectivity index (χ1) is 10.6. The predicted molar refractivity (Wildman–Crippen MR) is 82.5 cm³/mol. The Kier molecular flexibility index (Phi) is 4.50. The summed E-state index contributed by atoms with van der Waals surface area (Å²) >= 11 is 0. The van der Waals surface area contributed by atoms with Gasteiger partial charge in [-0.1, -0.05) is 25.7 Å². The quantitative estimate of drug-likeness (QED) is 0.873. The lowest BCUT2D eigenvalue weighted by molar-refractivity contribution is -0.129. The molecule has 1 unspecified atom stereocenters. The molecule has 0 bridgehead atoms. The van der Waals surface area contributed by atoms with Crippen molar-refractivity contribution in [3.05, 3.63) is 23.7 Å². The Morgan fingerprint density at radius 2 is 2.00 bits per heavy atom. The van der Waals surface area contributed by atoms with E-state index in [2.05, 4.69) is 5.32 Å². The Bertz CT molecular complexity index is 544. The summed E-state index contributed by atoms with van der Waals surface area (Å²) in [6.45, 7) is 2.42. The molecule has 0 spiro atoms. The Morgan fingerprint density at radius 1 is 1.27 bits per heavy atom. The summed E-state index contributed by atoms with van der Waals surface area (Å²) < 4.78 is 5.16. The average molecular weight is 304 g/mol. The van der Waals surface area contributed by atoms with Crippen LogP contribution in [0.4, 0.5) is 0 Å². The van der Waals surface area contributed by atoms with Crippen LogP contribution in [-0.2, 0) is 4.79 Å². The second-order valence-electron chi connectivity index (χ2n) is 6.46. The van der Waals surface area contributed by atoms with Crippen LogP contribution in [0.5, 0.6) is 0 Å². The molecule has 5 heteroatoms. The standard InChI is InChI=1S/C17H24N2O3/c1-12-15(8-9-22-12)17(21)18-13-10-16(20)19(11-13)14-6-4-2-3-5-7-14/h8-9,13-14H,2-7,10-11H2,1H3,(H,18,21). The maximum absolute atomic E-state index is 12.3. The van der Waals surface area contributed by atoms with Crippen molar-refractivity contribution in [1.29, 1.82) is 0 Å². The molecule has 1 saturated heterocycles. The van der Waals surface area contributed by atoms with Gasteiger partial charge in [0.2, 0.25) is 5.91 Å². The summed E-state index contributed by atoms with van der Waals surface area (Å²) in [6.07, 6.45) is 9.11. The minimum atomic E-state index is -0.147. The SMILES string of the molecule is Cc1occc1C(=O)NC1CC(=O)N(C2CCCCCC2)C1. The number of hydrogen-bond donors (Lipinski definition) is 1. The van der Waals surface area contributed by atoms with Crippen LogP contribution in [-0.4, -0.2) is 35.3 Å². The molecular weight excluding hydrogens is 280 g/mol. The van der Waals surface area contributed by atoms with E-state index >= 15 is 0 Å². The molecule has 5 nitrogen and oxygen atoms in total. The van der Waals surface area contributed by atoms with Crippen molar-refractivity contribution in [1.82, 2.24) is 10.2 Å². The maximum Gasteiger partial charge on any atom is 0.255 e. The van der Waals surface area contributed by atoms with Crippen LogP contribution in [0.1, 0.15) is 61.1 Å². The molecule has 1 atom stereocenters. The molecule has 2 fully saturated rings. The molecule has 0 radical (unpaired) electrons. The van der Waals surface area contributed by atoms with Gasteiger partial charge in [-0.15, -0.1) is 0 Å². The third-order valence-corrected chi connectivity index (χ3v) is 4.86. The fourth-order valence-electron chi connectivity index (χ4n) is 3.63. The summed E-state index contributed by atoms with van der Waals surface area (Å²) in [5, 5.41) is 2.98. The van der Waals surface area contributed by atoms with E-state index in [9.17, 15) is 9.59 Å². The zero-order valence-electron chi connectivity index (χ0n) is 13.1. The van der Waals surface area contributed by atoms with Gasteiger partial charge in [-0.2, -0.15) is 0 Å². The van der Waals surface area contributed by atoms with E-state index < -0.39 is 0 Å². The number of furan rings is 1. The molecule has 1 aromatic heterocycles. The first-order valence-corrected chi connectivity index (χ1v) is 8.29. The molecule has 1 aliphatic carbocycles. The minimum absolute atomic E-state index is 0.0856. The molecule has 3 rings (SSSR count). The molecule has 2 aliphatic rings. The van der Waals surface area contributed by atoms with E-state index in [-0.39, 0.29) is 17.9 Å². The van der Waals surface area contributed by atoms with Crippen LogP contribution in [0.25, 0.3) is 0 Å². The van der Waals surface area contributed by atoms with Gasteiger partial charge in [-0.3, -0.25) is 9.59 Å². The van der Waals surface area contributed by atoms with Gasteiger partial charge < -0.3 is 14.6 Å². The first-order valence-electron chi connectivity index (χ1n) is 8.29. The number of nitrogens with one attached hydrogen (secondary N) is 1. The number of hydrogen-bond acceptors (Lipinski definition) is 3. The van der Waals surface area contributed by atoms with Gasteiger partial charge in [0.15, 0.2) is 0 Å². The third-order valence-electron chi connectivity index (χ3n) is 4.86. The molecule has 1 aromatic rings. The van der Waals surface area contributed by atoms with E-state index in [4.69, 9.17) is 4.42 Å². The van der Waals surface area contributed by atoms with Gasteiger partial charge in [0.25, 0.3) is 5.91 Å². The monoisotopic (exact) mass is 304 g/mol. The fraction of sp³-hybridized carbons (Fsp3) is 0.647. The van der Waals surface area contributed by atoms with Gasteiger partial charge >= 0.3 is 0 Å². The van der Waals surface area contributed by atoms with Gasteiger partial charge in [0.1, 0.15) is 5.76 Å². The van der Waals surface area contributed by atoms with Crippen molar-refractivity contribution in [2.24, 2.45) is 0 Å². The van der Waals surface area contributed by atoms with Gasteiger partial charge in [-0.05, 0) is 25.8 Å². The average Bonchev–Trinajstić information content (AvgIpc) is 2.95. The highest BCUT2D eigenvalue weighted by atomic mass is 16.3. The van der Waals surface area contributed by atoms with Crippen molar-refractivity contribution in [3.63, 3.8) is 0 Å². The van der Waals surface area contributed by atoms with Crippen molar-refractivity contribution in [2.75, 3.05) is 6.54 Å². The van der Waals surface area contributed by atoms with Crippen molar-refractivity contribution in [3.8, 4) is 0 Å². The predicted octanol–water partition coefficient (Wildman–Crippen LogP) is 2.64. The molecule has 2 amide bonds. The Morgan fingerprint density at radius 3 is 2.64 bits per heavy atom. The van der Waals surface area contributed by atoms with E-state index in [0.717, 1.165) is 12.8 Å². The van der Waals surface area contributed by atoms with Crippen molar-refractivity contribution < 1.29 is 14.0 Å². The number of carbonyl (C=O) groups is 2. The summed E-state index contributed by atoms with van der Waals surface area (Å²) in [6, 6.07) is 1.95. The lowest BCUT2D eigenvalue weighted by Gasteiger charge is -2.27. The second kappa shape index (κ2) is 6.55. The molecule has 1 saturated carbocycles. The number of rotatable bonds is 3. The Hall–Kier alpha value is -1.78. The fourth-order valence-corrected chi connectivity index (χ4v) is 3.63. The molecule has 120 valence electrons. The van der Waals surface area contributed by atoms with Crippen LogP contribution in [0.15, 0.2) is 16.7 Å². The van der Waals surface area contributed by atoms with Crippen LogP contribution in [0.2, 0.25) is 0 Å². The number of amides is 2. The Labute approximate surface area is 131 Å². The summed E-state index contributed by atoms with van der Waals surface area (Å²) in [7, 11) is 0. The molecule has 1 aliphatic heterocycles. The molecule has 2 heterocycles. The number of nitrogens with zero attached hydrogens (tertiary/aromatic N) is 1. The summed E-state index contributed by atoms with van der Waals surface area (Å²) in [5.74, 6) is 0.648. The number of likely N-dealkylation sites (tertiary alicyclic amines) is 1. The van der Waals surface area contributed by atoms with Gasteiger partial charge in [-0.25, -0.2) is 0 Å². The molecular formula is C17H24N2O3. The number of carbonyl (C=O) groups excluding carboxylic acids is 2.